The third-order valence-corrected chi connectivity index (χ3v) is 6.85. The van der Waals surface area contributed by atoms with Crippen molar-refractivity contribution in [2.24, 2.45) is 0 Å². The van der Waals surface area contributed by atoms with E-state index < -0.39 is 21.3 Å². The van der Waals surface area contributed by atoms with Gasteiger partial charge in [0, 0.05) is 18.0 Å². The first-order valence-electron chi connectivity index (χ1n) is 9.61. The molecule has 31 heavy (non-hydrogen) atoms. The average molecular weight is 467 g/mol. The summed E-state index contributed by atoms with van der Waals surface area (Å²) in [4.78, 5) is 26.8. The van der Waals surface area contributed by atoms with Gasteiger partial charge in [-0.25, -0.2) is 8.42 Å². The summed E-state index contributed by atoms with van der Waals surface area (Å²) in [6, 6.07) is 8.61. The second-order valence-corrected chi connectivity index (χ2v) is 10.3. The van der Waals surface area contributed by atoms with Crippen LogP contribution in [0.5, 0.6) is 11.5 Å². The predicted molar refractivity (Wildman–Crippen MR) is 118 cm³/mol. The molecule has 0 unspecified atom stereocenters. The van der Waals surface area contributed by atoms with Crippen LogP contribution in [-0.2, 0) is 19.4 Å². The predicted octanol–water partition coefficient (Wildman–Crippen LogP) is 3.37. The molecule has 0 aliphatic carbocycles. The van der Waals surface area contributed by atoms with Crippen LogP contribution in [0.2, 0.25) is 5.02 Å². The average Bonchev–Trinajstić information content (AvgIpc) is 2.70. The molecule has 0 saturated heterocycles. The second-order valence-electron chi connectivity index (χ2n) is 7.56. The SMILES string of the molecule is CCS(=O)(=O)c1ccc(O)c(NC(=O)CCN2C(=O)C(C)(C)Oc3ccc(Cl)cc32)c1. The number of nitrogens with zero attached hydrogens (tertiary/aromatic N) is 1. The van der Waals surface area contributed by atoms with E-state index in [4.69, 9.17) is 16.3 Å². The number of carbonyl (C=O) groups is 2. The molecule has 0 fully saturated rings. The van der Waals surface area contributed by atoms with Crippen LogP contribution in [0.3, 0.4) is 0 Å². The number of ether oxygens (including phenoxy) is 1. The van der Waals surface area contributed by atoms with Crippen molar-refractivity contribution in [3.05, 3.63) is 41.4 Å². The van der Waals surface area contributed by atoms with Gasteiger partial charge in [-0.05, 0) is 50.2 Å². The number of anilines is 2. The highest BCUT2D eigenvalue weighted by molar-refractivity contribution is 7.91. The number of sulfone groups is 1. The van der Waals surface area contributed by atoms with Gasteiger partial charge in [-0.2, -0.15) is 0 Å². The summed E-state index contributed by atoms with van der Waals surface area (Å²) in [5, 5.41) is 12.9. The Labute approximate surface area is 185 Å². The maximum absolute atomic E-state index is 12.9. The molecule has 3 rings (SSSR count). The zero-order valence-corrected chi connectivity index (χ0v) is 18.9. The molecule has 0 spiro atoms. The standard InChI is InChI=1S/C21H23ClN2O6S/c1-4-31(28,29)14-6-7-17(25)15(12-14)23-19(26)9-10-24-16-11-13(22)5-8-18(16)30-21(2,3)20(24)27/h5-8,11-12,25H,4,9-10H2,1-3H3,(H,23,26). The van der Waals surface area contributed by atoms with E-state index in [1.807, 2.05) is 0 Å². The van der Waals surface area contributed by atoms with Crippen molar-refractivity contribution in [3.63, 3.8) is 0 Å². The maximum atomic E-state index is 12.9. The summed E-state index contributed by atoms with van der Waals surface area (Å²) in [6.07, 6.45) is -0.0992. The van der Waals surface area contributed by atoms with Crippen LogP contribution in [-0.4, -0.2) is 43.2 Å². The fraction of sp³-hybridized carbons (Fsp3) is 0.333. The van der Waals surface area contributed by atoms with Crippen molar-refractivity contribution in [2.75, 3.05) is 22.5 Å². The van der Waals surface area contributed by atoms with Gasteiger partial charge < -0.3 is 20.1 Å². The van der Waals surface area contributed by atoms with Gasteiger partial charge in [-0.1, -0.05) is 18.5 Å². The minimum absolute atomic E-state index is 0.00299. The molecule has 0 atom stereocenters. The van der Waals surface area contributed by atoms with Crippen LogP contribution < -0.4 is 15.0 Å². The molecule has 0 saturated carbocycles. The highest BCUT2D eigenvalue weighted by Gasteiger charge is 2.41. The minimum Gasteiger partial charge on any atom is -0.506 e. The van der Waals surface area contributed by atoms with E-state index in [-0.39, 0.29) is 41.0 Å². The van der Waals surface area contributed by atoms with Gasteiger partial charge in [0.1, 0.15) is 11.5 Å². The lowest BCUT2D eigenvalue weighted by atomic mass is 10.0. The summed E-state index contributed by atoms with van der Waals surface area (Å²) < 4.78 is 29.9. The smallest absolute Gasteiger partial charge is 0.270 e. The number of rotatable bonds is 6. The molecule has 8 nitrogen and oxygen atoms in total. The van der Waals surface area contributed by atoms with E-state index >= 15 is 0 Å². The number of halogens is 1. The number of carbonyl (C=O) groups excluding carboxylic acids is 2. The molecule has 166 valence electrons. The molecule has 2 aromatic rings. The van der Waals surface area contributed by atoms with E-state index in [0.717, 1.165) is 0 Å². The van der Waals surface area contributed by atoms with Gasteiger partial charge in [-0.3, -0.25) is 9.59 Å². The Morgan fingerprint density at radius 2 is 1.94 bits per heavy atom. The lowest BCUT2D eigenvalue weighted by molar-refractivity contribution is -0.132. The van der Waals surface area contributed by atoms with Gasteiger partial charge in [-0.15, -0.1) is 0 Å². The van der Waals surface area contributed by atoms with Crippen LogP contribution in [0.1, 0.15) is 27.2 Å². The number of hydrogen-bond acceptors (Lipinski definition) is 6. The lowest BCUT2D eigenvalue weighted by Crippen LogP contribution is -2.53. The second kappa shape index (κ2) is 8.39. The van der Waals surface area contributed by atoms with Crippen molar-refractivity contribution in [3.8, 4) is 11.5 Å². The molecule has 0 radical (unpaired) electrons. The topological polar surface area (TPSA) is 113 Å². The number of hydrogen-bond donors (Lipinski definition) is 2. The lowest BCUT2D eigenvalue weighted by Gasteiger charge is -2.38. The molecule has 0 aromatic heterocycles. The van der Waals surface area contributed by atoms with E-state index in [1.165, 1.54) is 30.0 Å². The Balaban J connectivity index is 1.78. The van der Waals surface area contributed by atoms with Crippen molar-refractivity contribution in [1.29, 1.82) is 0 Å². The molecular weight excluding hydrogens is 444 g/mol. The van der Waals surface area contributed by atoms with E-state index in [1.54, 1.807) is 32.0 Å². The van der Waals surface area contributed by atoms with Gasteiger partial charge >= 0.3 is 0 Å². The van der Waals surface area contributed by atoms with E-state index in [9.17, 15) is 23.1 Å². The number of phenols is 1. The fourth-order valence-electron chi connectivity index (χ4n) is 3.16. The Hall–Kier alpha value is -2.78. The van der Waals surface area contributed by atoms with Gasteiger partial charge in [0.15, 0.2) is 15.4 Å². The summed E-state index contributed by atoms with van der Waals surface area (Å²) in [6.45, 7) is 4.82. The van der Waals surface area contributed by atoms with Crippen molar-refractivity contribution >= 4 is 44.6 Å². The highest BCUT2D eigenvalue weighted by Crippen LogP contribution is 2.39. The molecular formula is C21H23ClN2O6S. The Morgan fingerprint density at radius 1 is 1.23 bits per heavy atom. The Morgan fingerprint density at radius 3 is 2.61 bits per heavy atom. The van der Waals surface area contributed by atoms with Crippen molar-refractivity contribution < 1.29 is 27.9 Å². The molecule has 2 aromatic carbocycles. The summed E-state index contributed by atoms with van der Waals surface area (Å²) in [5.74, 6) is -0.716. The molecule has 10 heteroatoms. The molecule has 1 aliphatic heterocycles. The first-order chi connectivity index (χ1) is 14.4. The molecule has 2 N–H and O–H groups in total. The zero-order valence-electron chi connectivity index (χ0n) is 17.3. The van der Waals surface area contributed by atoms with Crippen molar-refractivity contribution in [2.45, 2.75) is 37.7 Å². The summed E-state index contributed by atoms with van der Waals surface area (Å²) in [7, 11) is -3.50. The van der Waals surface area contributed by atoms with Gasteiger partial charge in [0.05, 0.1) is 22.0 Å². The van der Waals surface area contributed by atoms with Crippen LogP contribution in [0.25, 0.3) is 0 Å². The fourth-order valence-corrected chi connectivity index (χ4v) is 4.24. The third kappa shape index (κ3) is 4.77. The number of aromatic hydroxyl groups is 1. The normalized spacial score (nSPS) is 15.2. The Bertz CT molecular complexity index is 1150. The van der Waals surface area contributed by atoms with E-state index in [2.05, 4.69) is 5.32 Å². The van der Waals surface area contributed by atoms with Crippen LogP contribution in [0.15, 0.2) is 41.3 Å². The third-order valence-electron chi connectivity index (χ3n) is 4.88. The number of phenolic OH excluding ortho intramolecular Hbond substituents is 1. The monoisotopic (exact) mass is 466 g/mol. The summed E-state index contributed by atoms with van der Waals surface area (Å²) in [5.41, 5.74) is -0.668. The quantitative estimate of drug-likeness (QED) is 0.631. The molecule has 1 heterocycles. The maximum Gasteiger partial charge on any atom is 0.270 e. The molecule has 1 aliphatic rings. The number of nitrogens with one attached hydrogen (secondary N) is 1. The summed E-state index contributed by atoms with van der Waals surface area (Å²) >= 11 is 6.06. The molecule has 0 bridgehead atoms. The van der Waals surface area contributed by atoms with Crippen LogP contribution >= 0.6 is 11.6 Å². The minimum atomic E-state index is -3.50. The Kier molecular flexibility index (Phi) is 6.20. The van der Waals surface area contributed by atoms with Gasteiger partial charge in [0.25, 0.3) is 5.91 Å². The van der Waals surface area contributed by atoms with Crippen LogP contribution in [0, 0.1) is 0 Å². The first kappa shape index (κ1) is 22.9. The van der Waals surface area contributed by atoms with Crippen LogP contribution in [0.4, 0.5) is 11.4 Å². The highest BCUT2D eigenvalue weighted by atomic mass is 35.5. The molecule has 2 amide bonds. The first-order valence-corrected chi connectivity index (χ1v) is 11.6. The number of fused-ring (bicyclic) bond motifs is 1. The number of amides is 2. The largest absolute Gasteiger partial charge is 0.506 e. The van der Waals surface area contributed by atoms with Gasteiger partial charge in [0.2, 0.25) is 5.91 Å². The zero-order chi connectivity index (χ0) is 23.0. The van der Waals surface area contributed by atoms with E-state index in [0.29, 0.717) is 16.5 Å². The van der Waals surface area contributed by atoms with Crippen molar-refractivity contribution in [1.82, 2.24) is 0 Å². The number of benzene rings is 2.